The molecule has 1 saturated carbocycles. The van der Waals surface area contributed by atoms with Gasteiger partial charge in [0.15, 0.2) is 0 Å². The van der Waals surface area contributed by atoms with Crippen LogP contribution in [0.15, 0.2) is 0 Å². The summed E-state index contributed by atoms with van der Waals surface area (Å²) >= 11 is 0. The molecule has 0 amide bonds. The second-order valence-corrected chi connectivity index (χ2v) is 3.68. The van der Waals surface area contributed by atoms with Gasteiger partial charge in [0.05, 0.1) is 0 Å². The molecule has 0 aromatic rings. The molecule has 3 nitrogen and oxygen atoms in total. The third kappa shape index (κ3) is 1.13. The van der Waals surface area contributed by atoms with Crippen molar-refractivity contribution in [2.75, 3.05) is 0 Å². The summed E-state index contributed by atoms with van der Waals surface area (Å²) in [7, 11) is 0. The average Bonchev–Trinajstić information content (AvgIpc) is 2.26. The highest BCUT2D eigenvalue weighted by atomic mass is 16.4. The first kappa shape index (κ1) is 9.23. The molecule has 1 aliphatic rings. The molecule has 68 valence electrons. The number of carbonyl (C=O) groups is 2. The first-order chi connectivity index (χ1) is 5.53. The Morgan fingerprint density at radius 2 is 2.33 bits per heavy atom. The number of carboxylic acids is 1. The van der Waals surface area contributed by atoms with Gasteiger partial charge in [0.25, 0.3) is 0 Å². The number of Topliss-reactive ketones (excluding diaryl/α,β-unsaturated/α-hetero) is 1. The summed E-state index contributed by atoms with van der Waals surface area (Å²) in [6.07, 6.45) is 1.36. The van der Waals surface area contributed by atoms with Crippen molar-refractivity contribution in [1.29, 1.82) is 0 Å². The van der Waals surface area contributed by atoms with Crippen LogP contribution in [0.25, 0.3) is 0 Å². The fourth-order valence-corrected chi connectivity index (χ4v) is 1.99. The number of ketones is 1. The van der Waals surface area contributed by atoms with E-state index in [4.69, 9.17) is 5.11 Å². The van der Waals surface area contributed by atoms with Crippen LogP contribution in [0.1, 0.15) is 33.1 Å². The van der Waals surface area contributed by atoms with Crippen molar-refractivity contribution in [2.24, 2.45) is 11.3 Å². The molecular formula is C9H14O3. The van der Waals surface area contributed by atoms with E-state index in [0.29, 0.717) is 19.3 Å². The topological polar surface area (TPSA) is 54.4 Å². The molecule has 12 heavy (non-hydrogen) atoms. The molecule has 1 fully saturated rings. The standard InChI is InChI=1S/C9H14O3/c1-3-9(8(11)12)5-6(2)4-7(9)10/h6H,3-5H2,1-2H3,(H,11,12). The molecule has 0 bridgehead atoms. The van der Waals surface area contributed by atoms with Crippen LogP contribution in [-0.4, -0.2) is 16.9 Å². The minimum absolute atomic E-state index is 0.0926. The summed E-state index contributed by atoms with van der Waals surface area (Å²) in [6.45, 7) is 3.70. The molecule has 0 aliphatic heterocycles. The van der Waals surface area contributed by atoms with E-state index in [0.717, 1.165) is 0 Å². The zero-order chi connectivity index (χ0) is 9.35. The summed E-state index contributed by atoms with van der Waals surface area (Å²) in [5.74, 6) is -0.807. The van der Waals surface area contributed by atoms with Crippen LogP contribution in [0.2, 0.25) is 0 Å². The quantitative estimate of drug-likeness (QED) is 0.638. The van der Waals surface area contributed by atoms with E-state index in [9.17, 15) is 9.59 Å². The first-order valence-electron chi connectivity index (χ1n) is 4.29. The molecule has 0 heterocycles. The smallest absolute Gasteiger partial charge is 0.317 e. The van der Waals surface area contributed by atoms with Crippen LogP contribution in [0.5, 0.6) is 0 Å². The van der Waals surface area contributed by atoms with Crippen LogP contribution in [0.4, 0.5) is 0 Å². The monoisotopic (exact) mass is 170 g/mol. The third-order valence-corrected chi connectivity index (χ3v) is 2.78. The SMILES string of the molecule is CCC1(C(=O)O)CC(C)CC1=O. The van der Waals surface area contributed by atoms with E-state index < -0.39 is 11.4 Å². The van der Waals surface area contributed by atoms with Gasteiger partial charge in [-0.1, -0.05) is 13.8 Å². The highest BCUT2D eigenvalue weighted by Crippen LogP contribution is 2.41. The maximum atomic E-state index is 11.4. The van der Waals surface area contributed by atoms with Crippen LogP contribution in [-0.2, 0) is 9.59 Å². The molecule has 0 spiro atoms. The lowest BCUT2D eigenvalue weighted by molar-refractivity contribution is -0.153. The molecular weight excluding hydrogens is 156 g/mol. The van der Waals surface area contributed by atoms with Crippen LogP contribution in [0, 0.1) is 11.3 Å². The van der Waals surface area contributed by atoms with Gasteiger partial charge in [0, 0.05) is 6.42 Å². The largest absolute Gasteiger partial charge is 0.480 e. The van der Waals surface area contributed by atoms with Crippen molar-refractivity contribution < 1.29 is 14.7 Å². The third-order valence-electron chi connectivity index (χ3n) is 2.78. The fourth-order valence-electron chi connectivity index (χ4n) is 1.99. The van der Waals surface area contributed by atoms with Gasteiger partial charge in [-0.05, 0) is 18.8 Å². The highest BCUT2D eigenvalue weighted by Gasteiger charge is 2.49. The molecule has 0 radical (unpaired) electrons. The minimum Gasteiger partial charge on any atom is -0.480 e. The van der Waals surface area contributed by atoms with Gasteiger partial charge in [0.1, 0.15) is 11.2 Å². The van der Waals surface area contributed by atoms with E-state index in [1.54, 1.807) is 6.92 Å². The van der Waals surface area contributed by atoms with Gasteiger partial charge in [-0.25, -0.2) is 0 Å². The van der Waals surface area contributed by atoms with Crippen molar-refractivity contribution in [3.63, 3.8) is 0 Å². The first-order valence-corrected chi connectivity index (χ1v) is 4.29. The minimum atomic E-state index is -1.06. The Labute approximate surface area is 71.8 Å². The van der Waals surface area contributed by atoms with Crippen LogP contribution >= 0.6 is 0 Å². The normalized spacial score (nSPS) is 35.5. The van der Waals surface area contributed by atoms with Gasteiger partial charge in [-0.2, -0.15) is 0 Å². The van der Waals surface area contributed by atoms with Crippen molar-refractivity contribution in [3.05, 3.63) is 0 Å². The predicted molar refractivity (Wildman–Crippen MR) is 43.8 cm³/mol. The number of carbonyl (C=O) groups excluding carboxylic acids is 1. The maximum Gasteiger partial charge on any atom is 0.317 e. The Bertz CT molecular complexity index is 222. The Morgan fingerprint density at radius 1 is 1.75 bits per heavy atom. The van der Waals surface area contributed by atoms with E-state index in [-0.39, 0.29) is 11.7 Å². The number of hydrogen-bond donors (Lipinski definition) is 1. The average molecular weight is 170 g/mol. The van der Waals surface area contributed by atoms with E-state index >= 15 is 0 Å². The predicted octanol–water partition coefficient (Wildman–Crippen LogP) is 1.47. The second kappa shape index (κ2) is 2.88. The Kier molecular flexibility index (Phi) is 2.22. The summed E-state index contributed by atoms with van der Waals surface area (Å²) in [5.41, 5.74) is -1.06. The van der Waals surface area contributed by atoms with Crippen molar-refractivity contribution in [2.45, 2.75) is 33.1 Å². The van der Waals surface area contributed by atoms with Gasteiger partial charge in [-0.15, -0.1) is 0 Å². The Morgan fingerprint density at radius 3 is 2.50 bits per heavy atom. The zero-order valence-electron chi connectivity index (χ0n) is 7.46. The number of rotatable bonds is 2. The molecule has 0 aromatic carbocycles. The van der Waals surface area contributed by atoms with Gasteiger partial charge in [-0.3, -0.25) is 9.59 Å². The van der Waals surface area contributed by atoms with Crippen LogP contribution in [0.3, 0.4) is 0 Å². The lowest BCUT2D eigenvalue weighted by atomic mass is 9.82. The lowest BCUT2D eigenvalue weighted by Crippen LogP contribution is -2.34. The van der Waals surface area contributed by atoms with Crippen molar-refractivity contribution >= 4 is 11.8 Å². The molecule has 1 aliphatic carbocycles. The van der Waals surface area contributed by atoms with Crippen molar-refractivity contribution in [3.8, 4) is 0 Å². The van der Waals surface area contributed by atoms with Crippen molar-refractivity contribution in [1.82, 2.24) is 0 Å². The molecule has 0 aromatic heterocycles. The second-order valence-electron chi connectivity index (χ2n) is 3.68. The molecule has 2 unspecified atom stereocenters. The summed E-state index contributed by atoms with van der Waals surface area (Å²) in [4.78, 5) is 22.3. The molecule has 1 N–H and O–H groups in total. The number of carboxylic acid groups (broad SMARTS) is 1. The van der Waals surface area contributed by atoms with Gasteiger partial charge in [0.2, 0.25) is 0 Å². The van der Waals surface area contributed by atoms with Gasteiger partial charge < -0.3 is 5.11 Å². The lowest BCUT2D eigenvalue weighted by Gasteiger charge is -2.19. The molecule has 2 atom stereocenters. The Balaban J connectivity index is 2.94. The molecule has 1 rings (SSSR count). The summed E-state index contributed by atoms with van der Waals surface area (Å²) in [5, 5.41) is 8.93. The maximum absolute atomic E-state index is 11.4. The van der Waals surface area contributed by atoms with E-state index in [1.807, 2.05) is 6.92 Å². The van der Waals surface area contributed by atoms with Gasteiger partial charge >= 0.3 is 5.97 Å². The van der Waals surface area contributed by atoms with E-state index in [2.05, 4.69) is 0 Å². The number of hydrogen-bond acceptors (Lipinski definition) is 2. The van der Waals surface area contributed by atoms with E-state index in [1.165, 1.54) is 0 Å². The van der Waals surface area contributed by atoms with Crippen LogP contribution < -0.4 is 0 Å². The zero-order valence-corrected chi connectivity index (χ0v) is 7.46. The highest BCUT2D eigenvalue weighted by molar-refractivity contribution is 6.04. The fraction of sp³-hybridized carbons (Fsp3) is 0.778. The summed E-state index contributed by atoms with van der Waals surface area (Å²) in [6, 6.07) is 0. The Hall–Kier alpha value is -0.860. The molecule has 0 saturated heterocycles. The number of aliphatic carboxylic acids is 1. The summed E-state index contributed by atoms with van der Waals surface area (Å²) < 4.78 is 0. The molecule has 3 heteroatoms.